The molecule has 0 unspecified atom stereocenters. The molecule has 3 aliphatic heterocycles. The van der Waals surface area contributed by atoms with Crippen LogP contribution in [0.25, 0.3) is 0 Å². The summed E-state index contributed by atoms with van der Waals surface area (Å²) in [6.07, 6.45) is 5.11. The highest BCUT2D eigenvalue weighted by atomic mass is 16.5. The SMILES string of the molecule is Cc1nc(CN2CC[C@@]3(CCCN(C4CCOCC4)C3=O)C2)n(C)n1. The van der Waals surface area contributed by atoms with Crippen molar-refractivity contribution < 1.29 is 9.53 Å². The molecular formula is C18H29N5O2. The minimum atomic E-state index is -0.176. The van der Waals surface area contributed by atoms with Crippen LogP contribution in [0, 0.1) is 12.3 Å². The number of ether oxygens (including phenoxy) is 1. The molecule has 0 saturated carbocycles. The van der Waals surface area contributed by atoms with Crippen molar-refractivity contribution in [1.29, 1.82) is 0 Å². The first-order chi connectivity index (χ1) is 12.1. The third-order valence-corrected chi connectivity index (χ3v) is 6.16. The smallest absolute Gasteiger partial charge is 0.230 e. The number of nitrogens with zero attached hydrogens (tertiary/aromatic N) is 5. The van der Waals surface area contributed by atoms with Crippen LogP contribution in [0.1, 0.15) is 43.8 Å². The van der Waals surface area contributed by atoms with Crippen molar-refractivity contribution in [2.24, 2.45) is 12.5 Å². The van der Waals surface area contributed by atoms with E-state index in [1.165, 1.54) is 0 Å². The molecule has 1 aromatic rings. The molecule has 1 spiro atoms. The zero-order valence-corrected chi connectivity index (χ0v) is 15.4. The molecule has 0 bridgehead atoms. The molecule has 138 valence electrons. The minimum Gasteiger partial charge on any atom is -0.381 e. The van der Waals surface area contributed by atoms with Crippen LogP contribution >= 0.6 is 0 Å². The van der Waals surface area contributed by atoms with Gasteiger partial charge in [-0.05, 0) is 45.6 Å². The Morgan fingerprint density at radius 3 is 2.76 bits per heavy atom. The van der Waals surface area contributed by atoms with E-state index in [0.717, 1.165) is 83.1 Å². The van der Waals surface area contributed by atoms with Crippen LogP contribution in [-0.2, 0) is 23.1 Å². The zero-order valence-electron chi connectivity index (χ0n) is 15.4. The minimum absolute atomic E-state index is 0.176. The number of aryl methyl sites for hydroxylation is 2. The molecule has 7 heteroatoms. The normalized spacial score (nSPS) is 29.0. The second-order valence-corrected chi connectivity index (χ2v) is 7.89. The average molecular weight is 347 g/mol. The third-order valence-electron chi connectivity index (χ3n) is 6.16. The quantitative estimate of drug-likeness (QED) is 0.820. The molecule has 0 radical (unpaired) electrons. The van der Waals surface area contributed by atoms with Crippen molar-refractivity contribution in [3.05, 3.63) is 11.6 Å². The van der Waals surface area contributed by atoms with E-state index in [0.29, 0.717) is 11.9 Å². The van der Waals surface area contributed by atoms with Gasteiger partial charge >= 0.3 is 0 Å². The van der Waals surface area contributed by atoms with E-state index in [-0.39, 0.29) is 5.41 Å². The van der Waals surface area contributed by atoms with Crippen molar-refractivity contribution in [3.8, 4) is 0 Å². The monoisotopic (exact) mass is 347 g/mol. The largest absolute Gasteiger partial charge is 0.381 e. The maximum Gasteiger partial charge on any atom is 0.230 e. The lowest BCUT2D eigenvalue weighted by molar-refractivity contribution is -0.150. The van der Waals surface area contributed by atoms with Gasteiger partial charge in [0.05, 0.1) is 12.0 Å². The van der Waals surface area contributed by atoms with E-state index in [9.17, 15) is 4.79 Å². The summed E-state index contributed by atoms with van der Waals surface area (Å²) in [7, 11) is 1.94. The Labute approximate surface area is 149 Å². The number of piperidine rings is 1. The lowest BCUT2D eigenvalue weighted by atomic mass is 9.77. The summed E-state index contributed by atoms with van der Waals surface area (Å²) in [5, 5.41) is 4.34. The predicted octanol–water partition coefficient (Wildman–Crippen LogP) is 1.12. The highest BCUT2D eigenvalue weighted by molar-refractivity contribution is 5.84. The van der Waals surface area contributed by atoms with E-state index < -0.39 is 0 Å². The van der Waals surface area contributed by atoms with Gasteiger partial charge in [-0.1, -0.05) is 0 Å². The summed E-state index contributed by atoms with van der Waals surface area (Å²) < 4.78 is 7.34. The van der Waals surface area contributed by atoms with Gasteiger partial charge in [0.15, 0.2) is 0 Å². The Morgan fingerprint density at radius 1 is 1.24 bits per heavy atom. The average Bonchev–Trinajstić information content (AvgIpc) is 3.15. The first kappa shape index (κ1) is 17.0. The fraction of sp³-hybridized carbons (Fsp3) is 0.833. The standard InChI is InChI=1S/C18H29N5O2/c1-14-19-16(21(2)20-14)12-22-9-7-18(13-22)6-3-8-23(17(18)24)15-4-10-25-11-5-15/h15H,3-13H2,1-2H3/t18-/m0/s1. The Balaban J connectivity index is 1.44. The van der Waals surface area contributed by atoms with Gasteiger partial charge in [-0.2, -0.15) is 5.10 Å². The molecule has 4 heterocycles. The Bertz CT molecular complexity index is 639. The lowest BCUT2D eigenvalue weighted by Gasteiger charge is -2.44. The number of amides is 1. The predicted molar refractivity (Wildman–Crippen MR) is 92.9 cm³/mol. The van der Waals surface area contributed by atoms with Crippen molar-refractivity contribution in [3.63, 3.8) is 0 Å². The lowest BCUT2D eigenvalue weighted by Crippen LogP contribution is -2.54. The fourth-order valence-electron chi connectivity index (χ4n) is 4.81. The molecular weight excluding hydrogens is 318 g/mol. The highest BCUT2D eigenvalue weighted by Gasteiger charge is 2.49. The van der Waals surface area contributed by atoms with E-state index in [1.54, 1.807) is 0 Å². The van der Waals surface area contributed by atoms with Crippen LogP contribution in [0.3, 0.4) is 0 Å². The molecule has 1 amide bonds. The number of aromatic nitrogens is 3. The topological polar surface area (TPSA) is 63.5 Å². The van der Waals surface area contributed by atoms with E-state index >= 15 is 0 Å². The molecule has 0 aliphatic carbocycles. The number of hydrogen-bond donors (Lipinski definition) is 0. The molecule has 3 saturated heterocycles. The summed E-state index contributed by atoms with van der Waals surface area (Å²) in [4.78, 5) is 22.4. The van der Waals surface area contributed by atoms with Crippen LogP contribution < -0.4 is 0 Å². The maximum absolute atomic E-state index is 13.3. The number of carbonyl (C=O) groups excluding carboxylic acids is 1. The van der Waals surface area contributed by atoms with Gasteiger partial charge in [0.25, 0.3) is 0 Å². The Morgan fingerprint density at radius 2 is 2.04 bits per heavy atom. The Hall–Kier alpha value is -1.47. The summed E-state index contributed by atoms with van der Waals surface area (Å²) in [5.41, 5.74) is -0.176. The number of carbonyl (C=O) groups is 1. The molecule has 7 nitrogen and oxygen atoms in total. The zero-order chi connectivity index (χ0) is 17.4. The molecule has 3 aliphatic rings. The summed E-state index contributed by atoms with van der Waals surface area (Å²) in [6, 6.07) is 0.383. The van der Waals surface area contributed by atoms with Crippen molar-refractivity contribution in [2.75, 3.05) is 32.8 Å². The van der Waals surface area contributed by atoms with Crippen LogP contribution in [0.5, 0.6) is 0 Å². The van der Waals surface area contributed by atoms with Gasteiger partial charge in [0, 0.05) is 39.4 Å². The second-order valence-electron chi connectivity index (χ2n) is 7.89. The van der Waals surface area contributed by atoms with Crippen LogP contribution in [0.4, 0.5) is 0 Å². The highest BCUT2D eigenvalue weighted by Crippen LogP contribution is 2.41. The summed E-state index contributed by atoms with van der Waals surface area (Å²) in [6.45, 7) is 7.04. The maximum atomic E-state index is 13.3. The number of rotatable bonds is 3. The van der Waals surface area contributed by atoms with Crippen molar-refractivity contribution >= 4 is 5.91 Å². The first-order valence-electron chi connectivity index (χ1n) is 9.55. The second kappa shape index (κ2) is 6.68. The van der Waals surface area contributed by atoms with Gasteiger partial charge in [0.2, 0.25) is 5.91 Å². The van der Waals surface area contributed by atoms with E-state index in [2.05, 4.69) is 19.9 Å². The molecule has 1 atom stereocenters. The van der Waals surface area contributed by atoms with Gasteiger partial charge < -0.3 is 9.64 Å². The fourth-order valence-corrected chi connectivity index (χ4v) is 4.81. The Kier molecular flexibility index (Phi) is 4.54. The number of likely N-dealkylation sites (tertiary alicyclic amines) is 2. The first-order valence-corrected chi connectivity index (χ1v) is 9.55. The van der Waals surface area contributed by atoms with Crippen LogP contribution in [0.2, 0.25) is 0 Å². The molecule has 4 rings (SSSR count). The van der Waals surface area contributed by atoms with Gasteiger partial charge in [-0.3, -0.25) is 14.4 Å². The number of hydrogen-bond acceptors (Lipinski definition) is 5. The third kappa shape index (κ3) is 3.19. The summed E-state index contributed by atoms with van der Waals surface area (Å²) in [5.74, 6) is 2.19. The van der Waals surface area contributed by atoms with Crippen LogP contribution in [-0.4, -0.2) is 69.4 Å². The van der Waals surface area contributed by atoms with E-state index in [4.69, 9.17) is 4.74 Å². The molecule has 0 aromatic carbocycles. The molecule has 3 fully saturated rings. The van der Waals surface area contributed by atoms with Crippen LogP contribution in [0.15, 0.2) is 0 Å². The molecule has 0 N–H and O–H groups in total. The van der Waals surface area contributed by atoms with E-state index in [1.807, 2.05) is 18.7 Å². The summed E-state index contributed by atoms with van der Waals surface area (Å²) >= 11 is 0. The molecule has 1 aromatic heterocycles. The van der Waals surface area contributed by atoms with Crippen molar-refractivity contribution in [1.82, 2.24) is 24.6 Å². The van der Waals surface area contributed by atoms with Crippen molar-refractivity contribution in [2.45, 2.75) is 51.6 Å². The van der Waals surface area contributed by atoms with Gasteiger partial charge in [0.1, 0.15) is 11.6 Å². The molecule has 25 heavy (non-hydrogen) atoms. The van der Waals surface area contributed by atoms with Gasteiger partial charge in [-0.15, -0.1) is 0 Å². The van der Waals surface area contributed by atoms with Gasteiger partial charge in [-0.25, -0.2) is 4.98 Å².